The Morgan fingerprint density at radius 2 is 0.474 bits per heavy atom. The number of phosphoric ester groups is 2. The second kappa shape index (κ2) is 68.5. The van der Waals surface area contributed by atoms with Crippen LogP contribution < -0.4 is 0 Å². The van der Waals surface area contributed by atoms with Crippen LogP contribution in [-0.2, 0) is 65.4 Å². The Morgan fingerprint density at radius 3 is 0.701 bits per heavy atom. The van der Waals surface area contributed by atoms with Crippen LogP contribution in [0.1, 0.15) is 402 Å². The Morgan fingerprint density at radius 1 is 0.278 bits per heavy atom. The Kier molecular flexibility index (Phi) is 67.1. The molecule has 97 heavy (non-hydrogen) atoms. The first-order valence-electron chi connectivity index (χ1n) is 40.3. The number of rotatable bonds is 76. The van der Waals surface area contributed by atoms with Crippen LogP contribution in [0, 0.1) is 17.8 Å². The molecule has 17 nitrogen and oxygen atoms in total. The van der Waals surface area contributed by atoms with Crippen LogP contribution in [0.5, 0.6) is 0 Å². The lowest BCUT2D eigenvalue weighted by Crippen LogP contribution is -2.30. The highest BCUT2D eigenvalue weighted by Gasteiger charge is 2.30. The molecule has 0 radical (unpaired) electrons. The lowest BCUT2D eigenvalue weighted by molar-refractivity contribution is -0.161. The van der Waals surface area contributed by atoms with Gasteiger partial charge >= 0.3 is 39.5 Å². The first kappa shape index (κ1) is 95.1. The monoisotopic (exact) mass is 1420 g/mol. The summed E-state index contributed by atoms with van der Waals surface area (Å²) in [5, 5.41) is 10.6. The zero-order chi connectivity index (χ0) is 71.6. The maximum atomic E-state index is 13.1. The van der Waals surface area contributed by atoms with Gasteiger partial charge < -0.3 is 33.8 Å². The molecule has 0 bridgehead atoms. The zero-order valence-electron chi connectivity index (χ0n) is 63.5. The number of carbonyl (C=O) groups is 4. The Balaban J connectivity index is 5.17. The SMILES string of the molecule is CCCCCCCCCCCCCCCCCCCCCCC(=O)O[C@H](COC(=O)CCCCCCCCCCCCCCCCCCC(C)C)COP(=O)(O)OC[C@@H](O)COP(=O)(O)OC[C@@H](COC(=O)CCCCCCCCC(C)C)OC(=O)CCCCCCCCC(C)C. The number of hydrogen-bond acceptors (Lipinski definition) is 15. The summed E-state index contributed by atoms with van der Waals surface area (Å²) in [5.74, 6) is 0.0379. The number of hydrogen-bond donors (Lipinski definition) is 3. The van der Waals surface area contributed by atoms with E-state index in [1.165, 1.54) is 205 Å². The normalized spacial score (nSPS) is 14.0. The minimum Gasteiger partial charge on any atom is -0.462 e. The number of carbonyl (C=O) groups excluding carboxylic acids is 4. The summed E-state index contributed by atoms with van der Waals surface area (Å²) in [6.45, 7) is 11.8. The standard InChI is InChI=1S/C78H152O17P2/c1-8-9-10-11-12-13-14-15-16-17-18-19-20-25-28-31-34-37-47-54-61-77(82)94-73(65-88-75(80)59-52-45-36-33-30-27-24-22-21-23-26-29-32-35-42-49-56-69(2)3)67-92-96(84,85)90-63-72(79)64-91-97(86,87)93-68-74(95-78(83)62-55-48-41-39-44-51-58-71(6)7)66-89-76(81)60-53-46-40-38-43-50-57-70(4)5/h69-74,79H,8-68H2,1-7H3,(H,84,85)(H,86,87)/t72-,73-,74-/m1/s1. The molecule has 0 aliphatic carbocycles. The van der Waals surface area contributed by atoms with Gasteiger partial charge in [-0.3, -0.25) is 37.3 Å². The van der Waals surface area contributed by atoms with Gasteiger partial charge in [0.25, 0.3) is 0 Å². The van der Waals surface area contributed by atoms with Crippen molar-refractivity contribution in [1.29, 1.82) is 0 Å². The summed E-state index contributed by atoms with van der Waals surface area (Å²) < 4.78 is 68.5. The Hall–Kier alpha value is -1.94. The van der Waals surface area contributed by atoms with Gasteiger partial charge in [0.1, 0.15) is 19.3 Å². The van der Waals surface area contributed by atoms with E-state index in [1.54, 1.807) is 0 Å². The first-order chi connectivity index (χ1) is 46.7. The van der Waals surface area contributed by atoms with E-state index < -0.39 is 97.5 Å². The van der Waals surface area contributed by atoms with Crippen LogP contribution in [0.25, 0.3) is 0 Å². The molecule has 0 aromatic rings. The number of esters is 4. The van der Waals surface area contributed by atoms with Crippen molar-refractivity contribution in [3.8, 4) is 0 Å². The molecule has 0 heterocycles. The van der Waals surface area contributed by atoms with Gasteiger partial charge in [-0.1, -0.05) is 350 Å². The van der Waals surface area contributed by atoms with Crippen LogP contribution in [0.2, 0.25) is 0 Å². The van der Waals surface area contributed by atoms with E-state index in [9.17, 15) is 43.2 Å². The molecule has 0 aliphatic heterocycles. The van der Waals surface area contributed by atoms with E-state index in [2.05, 4.69) is 48.5 Å². The molecule has 0 saturated carbocycles. The third kappa shape index (κ3) is 72.2. The van der Waals surface area contributed by atoms with Crippen molar-refractivity contribution in [1.82, 2.24) is 0 Å². The molecule has 5 atom stereocenters. The Bertz CT molecular complexity index is 1890. The number of aliphatic hydroxyl groups is 1. The molecule has 3 N–H and O–H groups in total. The molecule has 19 heteroatoms. The average molecular weight is 1420 g/mol. The lowest BCUT2D eigenvalue weighted by Gasteiger charge is -2.21. The second-order valence-corrected chi connectivity index (χ2v) is 32.4. The first-order valence-corrected chi connectivity index (χ1v) is 43.3. The molecule has 0 rings (SSSR count). The molecular weight excluding hydrogens is 1270 g/mol. The van der Waals surface area contributed by atoms with Crippen molar-refractivity contribution in [2.45, 2.75) is 420 Å². The van der Waals surface area contributed by atoms with Crippen molar-refractivity contribution in [2.24, 2.45) is 17.8 Å². The topological polar surface area (TPSA) is 237 Å². The van der Waals surface area contributed by atoms with Crippen molar-refractivity contribution in [3.63, 3.8) is 0 Å². The predicted octanol–water partition coefficient (Wildman–Crippen LogP) is 23.0. The van der Waals surface area contributed by atoms with Crippen LogP contribution in [-0.4, -0.2) is 96.7 Å². The molecule has 2 unspecified atom stereocenters. The van der Waals surface area contributed by atoms with Crippen LogP contribution in [0.3, 0.4) is 0 Å². The van der Waals surface area contributed by atoms with E-state index in [0.29, 0.717) is 37.5 Å². The van der Waals surface area contributed by atoms with Gasteiger partial charge in [0.05, 0.1) is 26.4 Å². The van der Waals surface area contributed by atoms with E-state index in [-0.39, 0.29) is 25.7 Å². The van der Waals surface area contributed by atoms with Gasteiger partial charge in [0.15, 0.2) is 12.2 Å². The number of phosphoric acid groups is 2. The maximum absolute atomic E-state index is 13.1. The zero-order valence-corrected chi connectivity index (χ0v) is 65.3. The molecule has 0 aromatic heterocycles. The molecule has 576 valence electrons. The van der Waals surface area contributed by atoms with E-state index in [1.807, 2.05) is 0 Å². The van der Waals surface area contributed by atoms with Crippen molar-refractivity contribution >= 4 is 39.5 Å². The van der Waals surface area contributed by atoms with Crippen molar-refractivity contribution < 1.29 is 80.2 Å². The molecule has 0 spiro atoms. The highest BCUT2D eigenvalue weighted by molar-refractivity contribution is 7.47. The van der Waals surface area contributed by atoms with Gasteiger partial charge in [-0.05, 0) is 43.4 Å². The van der Waals surface area contributed by atoms with Gasteiger partial charge in [-0.15, -0.1) is 0 Å². The quantitative estimate of drug-likeness (QED) is 0.0222. The predicted molar refractivity (Wildman–Crippen MR) is 395 cm³/mol. The van der Waals surface area contributed by atoms with Gasteiger partial charge in [0, 0.05) is 25.7 Å². The third-order valence-corrected chi connectivity index (χ3v) is 20.0. The molecule has 0 aliphatic rings. The maximum Gasteiger partial charge on any atom is 0.472 e. The summed E-state index contributed by atoms with van der Waals surface area (Å²) in [4.78, 5) is 72.7. The minimum absolute atomic E-state index is 0.101. The Labute approximate surface area is 594 Å². The summed E-state index contributed by atoms with van der Waals surface area (Å²) >= 11 is 0. The van der Waals surface area contributed by atoms with Crippen molar-refractivity contribution in [3.05, 3.63) is 0 Å². The van der Waals surface area contributed by atoms with E-state index >= 15 is 0 Å². The van der Waals surface area contributed by atoms with E-state index in [4.69, 9.17) is 37.0 Å². The van der Waals surface area contributed by atoms with Crippen LogP contribution >= 0.6 is 15.6 Å². The van der Waals surface area contributed by atoms with E-state index in [0.717, 1.165) is 102 Å². The minimum atomic E-state index is -4.96. The smallest absolute Gasteiger partial charge is 0.462 e. The molecule has 0 aromatic carbocycles. The second-order valence-electron chi connectivity index (χ2n) is 29.5. The van der Waals surface area contributed by atoms with Gasteiger partial charge in [-0.25, -0.2) is 9.13 Å². The number of aliphatic hydroxyl groups excluding tert-OH is 1. The fraction of sp³-hybridized carbons (Fsp3) is 0.949. The fourth-order valence-corrected chi connectivity index (χ4v) is 13.5. The molecular formula is C78H152O17P2. The lowest BCUT2D eigenvalue weighted by atomic mass is 10.0. The highest BCUT2D eigenvalue weighted by Crippen LogP contribution is 2.45. The molecule has 0 saturated heterocycles. The summed E-state index contributed by atoms with van der Waals surface area (Å²) in [5.41, 5.74) is 0. The summed E-state index contributed by atoms with van der Waals surface area (Å²) in [7, 11) is -9.91. The van der Waals surface area contributed by atoms with Crippen molar-refractivity contribution in [2.75, 3.05) is 39.6 Å². The summed E-state index contributed by atoms with van der Waals surface area (Å²) in [6.07, 6.45) is 56.1. The molecule has 0 fully saturated rings. The largest absolute Gasteiger partial charge is 0.472 e. The van der Waals surface area contributed by atoms with Crippen LogP contribution in [0.15, 0.2) is 0 Å². The van der Waals surface area contributed by atoms with Gasteiger partial charge in [0.2, 0.25) is 0 Å². The average Bonchev–Trinajstić information content (AvgIpc) is 1.24. The number of ether oxygens (including phenoxy) is 4. The third-order valence-electron chi connectivity index (χ3n) is 18.1. The fourth-order valence-electron chi connectivity index (χ4n) is 12.0. The molecule has 0 amide bonds. The highest BCUT2D eigenvalue weighted by atomic mass is 31.2. The van der Waals surface area contributed by atoms with Crippen LogP contribution in [0.4, 0.5) is 0 Å². The summed E-state index contributed by atoms with van der Waals surface area (Å²) in [6, 6.07) is 0. The van der Waals surface area contributed by atoms with Gasteiger partial charge in [-0.2, -0.15) is 0 Å². The number of unbranched alkanes of at least 4 members (excludes halogenated alkanes) is 44.